The predicted octanol–water partition coefficient (Wildman–Crippen LogP) is 3.23. The third kappa shape index (κ3) is 5.31. The van der Waals surface area contributed by atoms with Gasteiger partial charge in [-0.15, -0.1) is 0 Å². The first-order valence-corrected chi connectivity index (χ1v) is 9.99. The summed E-state index contributed by atoms with van der Waals surface area (Å²) >= 11 is 0. The summed E-state index contributed by atoms with van der Waals surface area (Å²) in [6, 6.07) is 13.4. The van der Waals surface area contributed by atoms with Crippen LogP contribution < -0.4 is 10.4 Å². The Morgan fingerprint density at radius 3 is 2.30 bits per heavy atom. The van der Waals surface area contributed by atoms with Crippen LogP contribution in [0.5, 0.6) is 0 Å². The van der Waals surface area contributed by atoms with Crippen LogP contribution in [0.2, 0.25) is 0 Å². The molecule has 0 spiro atoms. The number of amides is 2. The first kappa shape index (κ1) is 21.2. The van der Waals surface area contributed by atoms with E-state index >= 15 is 0 Å². The van der Waals surface area contributed by atoms with Gasteiger partial charge in [0, 0.05) is 18.4 Å². The number of carbonyl (C=O) groups is 4. The fourth-order valence-electron chi connectivity index (χ4n) is 3.07. The topological polar surface area (TPSA) is 92.8 Å². The molecular formula is C23H24N2O5. The maximum atomic E-state index is 12.3. The third-order valence-corrected chi connectivity index (χ3v) is 4.84. The number of Topliss-reactive ketones (excluding diaryl/α,β-unsaturated/α-hetero) is 1. The number of hydrazine groups is 1. The Bertz CT molecular complexity index is 935. The molecule has 1 saturated heterocycles. The van der Waals surface area contributed by atoms with Crippen LogP contribution >= 0.6 is 0 Å². The number of benzene rings is 2. The normalized spacial score (nSPS) is 13.7. The molecule has 2 amide bonds. The van der Waals surface area contributed by atoms with Crippen molar-refractivity contribution in [3.8, 4) is 0 Å². The fraction of sp³-hybridized carbons (Fsp3) is 0.304. The van der Waals surface area contributed by atoms with E-state index in [1.54, 1.807) is 12.1 Å². The molecular weight excluding hydrogens is 384 g/mol. The Hall–Kier alpha value is -3.48. The predicted molar refractivity (Wildman–Crippen MR) is 111 cm³/mol. The van der Waals surface area contributed by atoms with Gasteiger partial charge in [0.1, 0.15) is 0 Å². The summed E-state index contributed by atoms with van der Waals surface area (Å²) in [5, 5.41) is 1.16. The summed E-state index contributed by atoms with van der Waals surface area (Å²) in [6.45, 7) is 1.78. The maximum absolute atomic E-state index is 12.3. The number of aryl methyl sites for hydroxylation is 1. The van der Waals surface area contributed by atoms with Crippen molar-refractivity contribution in [2.75, 3.05) is 11.6 Å². The molecule has 1 heterocycles. The van der Waals surface area contributed by atoms with Crippen molar-refractivity contribution in [3.05, 3.63) is 65.2 Å². The van der Waals surface area contributed by atoms with Crippen LogP contribution in [0.1, 0.15) is 58.9 Å². The lowest BCUT2D eigenvalue weighted by Gasteiger charge is -2.27. The van der Waals surface area contributed by atoms with Crippen molar-refractivity contribution in [3.63, 3.8) is 0 Å². The highest BCUT2D eigenvalue weighted by molar-refractivity contribution is 6.02. The maximum Gasteiger partial charge on any atom is 0.338 e. The first-order chi connectivity index (χ1) is 14.5. The number of esters is 1. The van der Waals surface area contributed by atoms with E-state index in [0.29, 0.717) is 11.3 Å². The van der Waals surface area contributed by atoms with Crippen molar-refractivity contribution < 1.29 is 23.9 Å². The van der Waals surface area contributed by atoms with Gasteiger partial charge in [-0.05, 0) is 42.7 Å². The minimum atomic E-state index is -0.636. The van der Waals surface area contributed by atoms with Crippen molar-refractivity contribution in [1.29, 1.82) is 0 Å². The van der Waals surface area contributed by atoms with E-state index in [0.717, 1.165) is 24.3 Å². The zero-order chi connectivity index (χ0) is 21.5. The molecule has 7 heteroatoms. The molecule has 0 atom stereocenters. The lowest BCUT2D eigenvalue weighted by atomic mass is 10.0. The highest BCUT2D eigenvalue weighted by Gasteiger charge is 2.24. The monoisotopic (exact) mass is 408 g/mol. The van der Waals surface area contributed by atoms with Gasteiger partial charge in [-0.1, -0.05) is 37.6 Å². The molecule has 1 aliphatic heterocycles. The van der Waals surface area contributed by atoms with E-state index < -0.39 is 5.97 Å². The van der Waals surface area contributed by atoms with Crippen LogP contribution in [0.3, 0.4) is 0 Å². The van der Waals surface area contributed by atoms with E-state index in [2.05, 4.69) is 12.3 Å². The second-order valence-electron chi connectivity index (χ2n) is 7.11. The SMILES string of the molecule is CCCCc1ccc(C(=O)COC(=O)c2ccc(N3NC(=O)CCC3=O)cc2)cc1. The number of rotatable bonds is 8. The molecule has 156 valence electrons. The zero-order valence-electron chi connectivity index (χ0n) is 16.8. The number of unbranched alkanes of at least 4 members (excludes halogenated alkanes) is 1. The van der Waals surface area contributed by atoms with Crippen LogP contribution in [0.25, 0.3) is 0 Å². The molecule has 7 nitrogen and oxygen atoms in total. The number of anilines is 1. The van der Waals surface area contributed by atoms with E-state index in [1.807, 2.05) is 12.1 Å². The number of ether oxygens (including phenoxy) is 1. The number of hydrogen-bond acceptors (Lipinski definition) is 5. The van der Waals surface area contributed by atoms with Gasteiger partial charge in [0.2, 0.25) is 11.8 Å². The average molecular weight is 408 g/mol. The van der Waals surface area contributed by atoms with Gasteiger partial charge >= 0.3 is 5.97 Å². The highest BCUT2D eigenvalue weighted by atomic mass is 16.5. The standard InChI is InChI=1S/C23H24N2O5/c1-2-3-4-16-5-7-17(8-6-16)20(26)15-30-23(29)18-9-11-19(12-10-18)25-22(28)14-13-21(27)24-25/h5-12H,2-4,13-15H2,1H3,(H,24,27). The number of nitrogens with one attached hydrogen (secondary N) is 1. The first-order valence-electron chi connectivity index (χ1n) is 9.99. The fourth-order valence-corrected chi connectivity index (χ4v) is 3.07. The van der Waals surface area contributed by atoms with E-state index in [9.17, 15) is 19.2 Å². The lowest BCUT2D eigenvalue weighted by molar-refractivity contribution is -0.130. The minimum Gasteiger partial charge on any atom is -0.454 e. The molecule has 1 aliphatic rings. The Kier molecular flexibility index (Phi) is 6.95. The smallest absolute Gasteiger partial charge is 0.338 e. The quantitative estimate of drug-likeness (QED) is 0.535. The second-order valence-corrected chi connectivity index (χ2v) is 7.11. The Morgan fingerprint density at radius 2 is 1.63 bits per heavy atom. The molecule has 30 heavy (non-hydrogen) atoms. The lowest BCUT2D eigenvalue weighted by Crippen LogP contribution is -2.50. The number of nitrogens with zero attached hydrogens (tertiary/aromatic N) is 1. The van der Waals surface area contributed by atoms with Crippen LogP contribution in [0.15, 0.2) is 48.5 Å². The minimum absolute atomic E-state index is 0.136. The second kappa shape index (κ2) is 9.82. The van der Waals surface area contributed by atoms with Gasteiger partial charge in [-0.25, -0.2) is 9.80 Å². The molecule has 0 saturated carbocycles. The van der Waals surface area contributed by atoms with Crippen molar-refractivity contribution >= 4 is 29.3 Å². The molecule has 3 rings (SSSR count). The van der Waals surface area contributed by atoms with Crippen molar-refractivity contribution in [2.45, 2.75) is 39.0 Å². The third-order valence-electron chi connectivity index (χ3n) is 4.84. The van der Waals surface area contributed by atoms with Gasteiger partial charge in [0.25, 0.3) is 0 Å². The molecule has 0 aliphatic carbocycles. The molecule has 1 N–H and O–H groups in total. The van der Waals surface area contributed by atoms with E-state index in [1.165, 1.54) is 29.8 Å². The molecule has 1 fully saturated rings. The zero-order valence-corrected chi connectivity index (χ0v) is 16.8. The van der Waals surface area contributed by atoms with E-state index in [-0.39, 0.29) is 42.6 Å². The van der Waals surface area contributed by atoms with Crippen LogP contribution in [0, 0.1) is 0 Å². The molecule has 2 aromatic carbocycles. The Balaban J connectivity index is 1.55. The summed E-state index contributed by atoms with van der Waals surface area (Å²) < 4.78 is 5.12. The number of ketones is 1. The molecule has 0 aromatic heterocycles. The van der Waals surface area contributed by atoms with Gasteiger partial charge in [-0.2, -0.15) is 0 Å². The molecule has 0 bridgehead atoms. The van der Waals surface area contributed by atoms with Crippen LogP contribution in [-0.2, 0) is 20.7 Å². The summed E-state index contributed by atoms with van der Waals surface area (Å²) in [6.07, 6.45) is 3.48. The van der Waals surface area contributed by atoms with Crippen LogP contribution in [0.4, 0.5) is 5.69 Å². The highest BCUT2D eigenvalue weighted by Crippen LogP contribution is 2.18. The number of carbonyl (C=O) groups excluding carboxylic acids is 4. The average Bonchev–Trinajstić information content (AvgIpc) is 2.78. The Morgan fingerprint density at radius 1 is 0.967 bits per heavy atom. The van der Waals surface area contributed by atoms with Gasteiger partial charge in [0.05, 0.1) is 11.3 Å². The van der Waals surface area contributed by atoms with Gasteiger partial charge < -0.3 is 4.74 Å². The Labute approximate surface area is 175 Å². The largest absolute Gasteiger partial charge is 0.454 e. The number of hydrogen-bond donors (Lipinski definition) is 1. The van der Waals surface area contributed by atoms with Gasteiger partial charge in [0.15, 0.2) is 12.4 Å². The van der Waals surface area contributed by atoms with Crippen molar-refractivity contribution in [1.82, 2.24) is 5.43 Å². The van der Waals surface area contributed by atoms with Gasteiger partial charge in [-0.3, -0.25) is 19.8 Å². The van der Waals surface area contributed by atoms with Crippen LogP contribution in [-0.4, -0.2) is 30.2 Å². The van der Waals surface area contributed by atoms with E-state index in [4.69, 9.17) is 4.74 Å². The van der Waals surface area contributed by atoms with Crippen molar-refractivity contribution in [2.24, 2.45) is 0 Å². The summed E-state index contributed by atoms with van der Waals surface area (Å²) in [5.41, 5.74) is 4.86. The summed E-state index contributed by atoms with van der Waals surface area (Å²) in [7, 11) is 0. The molecule has 2 aromatic rings. The summed E-state index contributed by atoms with van der Waals surface area (Å²) in [5.74, 6) is -1.38. The summed E-state index contributed by atoms with van der Waals surface area (Å²) in [4.78, 5) is 47.9. The molecule has 0 unspecified atom stereocenters. The molecule has 0 radical (unpaired) electrons.